The summed E-state index contributed by atoms with van der Waals surface area (Å²) < 4.78 is 16.5. The Labute approximate surface area is 243 Å². The van der Waals surface area contributed by atoms with E-state index in [1.807, 2.05) is 47.0 Å². The number of benzene rings is 1. The van der Waals surface area contributed by atoms with Gasteiger partial charge in [-0.25, -0.2) is 0 Å². The van der Waals surface area contributed by atoms with Gasteiger partial charge in [-0.15, -0.1) is 47.0 Å². The molecule has 2 aliphatic heterocycles. The van der Waals surface area contributed by atoms with Gasteiger partial charge < -0.3 is 9.47 Å². The first-order valence-electron chi connectivity index (χ1n) is 13.3. The van der Waals surface area contributed by atoms with Gasteiger partial charge in [0.1, 0.15) is 0 Å². The fraction of sp³-hybridized carbons (Fsp3) is 0.571. The Morgan fingerprint density at radius 1 is 0.632 bits per heavy atom. The van der Waals surface area contributed by atoms with E-state index >= 15 is 0 Å². The van der Waals surface area contributed by atoms with E-state index in [1.165, 1.54) is 33.6 Å². The molecule has 2 aromatic heterocycles. The molecule has 0 N–H and O–H groups in total. The van der Waals surface area contributed by atoms with Crippen LogP contribution in [-0.4, -0.2) is 69.0 Å². The topological polar surface area (TPSA) is 54.1 Å². The fourth-order valence-corrected chi connectivity index (χ4v) is 10.7. The number of hydrogen-bond donors (Lipinski definition) is 0. The standard InChI is InChI=1S/C28H38N4O2S4/c1-19-25(27-35-13-9-33-10-14-36-27)21(3)31(29-19)17-23-5-7-24(8-6-23)18-32-22(4)26(20(2)30-32)28-37-15-11-34-12-16-38-28/h5-8,27-28H,9-18H2,1-4H3. The van der Waals surface area contributed by atoms with Crippen LogP contribution in [0.15, 0.2) is 24.3 Å². The summed E-state index contributed by atoms with van der Waals surface area (Å²) in [6, 6.07) is 8.98. The van der Waals surface area contributed by atoms with Crippen LogP contribution in [0.4, 0.5) is 0 Å². The average molecular weight is 591 g/mol. The van der Waals surface area contributed by atoms with Crippen LogP contribution in [0.3, 0.4) is 0 Å². The van der Waals surface area contributed by atoms with Gasteiger partial charge in [0.25, 0.3) is 0 Å². The molecular formula is C28H38N4O2S4. The van der Waals surface area contributed by atoms with Crippen LogP contribution >= 0.6 is 47.0 Å². The van der Waals surface area contributed by atoms with Crippen molar-refractivity contribution in [3.05, 3.63) is 69.3 Å². The molecule has 0 amide bonds. The van der Waals surface area contributed by atoms with Crippen LogP contribution in [0, 0.1) is 27.7 Å². The van der Waals surface area contributed by atoms with Gasteiger partial charge in [0.05, 0.1) is 60.1 Å². The zero-order valence-electron chi connectivity index (χ0n) is 22.8. The Balaban J connectivity index is 1.26. The molecule has 1 aromatic carbocycles. The second-order valence-corrected chi connectivity index (χ2v) is 15.1. The molecule has 0 atom stereocenters. The molecule has 2 aliphatic rings. The van der Waals surface area contributed by atoms with Gasteiger partial charge in [-0.1, -0.05) is 24.3 Å². The maximum Gasteiger partial charge on any atom is 0.0788 e. The maximum atomic E-state index is 5.63. The summed E-state index contributed by atoms with van der Waals surface area (Å²) in [6.07, 6.45) is 0. The Hall–Kier alpha value is -1.04. The van der Waals surface area contributed by atoms with Crippen molar-refractivity contribution < 1.29 is 9.47 Å². The Morgan fingerprint density at radius 2 is 0.974 bits per heavy atom. The predicted octanol–water partition coefficient (Wildman–Crippen LogP) is 6.40. The second-order valence-electron chi connectivity index (χ2n) is 9.67. The van der Waals surface area contributed by atoms with E-state index in [0.29, 0.717) is 9.16 Å². The highest BCUT2D eigenvalue weighted by atomic mass is 32.2. The number of aryl methyl sites for hydroxylation is 2. The van der Waals surface area contributed by atoms with E-state index in [4.69, 9.17) is 19.7 Å². The molecule has 0 radical (unpaired) electrons. The van der Waals surface area contributed by atoms with Crippen molar-refractivity contribution in [1.29, 1.82) is 0 Å². The summed E-state index contributed by atoms with van der Waals surface area (Å²) in [5, 5.41) is 9.88. The van der Waals surface area contributed by atoms with E-state index in [9.17, 15) is 0 Å². The first kappa shape index (κ1) is 28.5. The summed E-state index contributed by atoms with van der Waals surface area (Å²) in [5.74, 6) is 4.14. The number of ether oxygens (including phenoxy) is 2. The van der Waals surface area contributed by atoms with Gasteiger partial charge in [0.2, 0.25) is 0 Å². The Morgan fingerprint density at radius 3 is 1.32 bits per heavy atom. The normalized spacial score (nSPS) is 18.6. The van der Waals surface area contributed by atoms with Crippen molar-refractivity contribution in [3.8, 4) is 0 Å². The van der Waals surface area contributed by atoms with E-state index in [2.05, 4.69) is 61.3 Å². The zero-order valence-corrected chi connectivity index (χ0v) is 26.0. The summed E-state index contributed by atoms with van der Waals surface area (Å²) in [5.41, 5.74) is 10.2. The summed E-state index contributed by atoms with van der Waals surface area (Å²) >= 11 is 7.94. The zero-order chi connectivity index (χ0) is 26.5. The van der Waals surface area contributed by atoms with Crippen molar-refractivity contribution in [2.75, 3.05) is 49.4 Å². The third-order valence-electron chi connectivity index (χ3n) is 7.02. The SMILES string of the molecule is Cc1nn(Cc2ccc(Cn3nc(C)c(C4SCCOCCS4)c3C)cc2)c(C)c1C1SCCOCCS1. The molecule has 5 rings (SSSR count). The van der Waals surface area contributed by atoms with Crippen LogP contribution in [0.2, 0.25) is 0 Å². The monoisotopic (exact) mass is 590 g/mol. The minimum absolute atomic E-state index is 0.438. The van der Waals surface area contributed by atoms with Crippen LogP contribution in [-0.2, 0) is 22.6 Å². The van der Waals surface area contributed by atoms with E-state index in [0.717, 1.165) is 73.9 Å². The third-order valence-corrected chi connectivity index (χ3v) is 12.4. The van der Waals surface area contributed by atoms with Crippen molar-refractivity contribution in [1.82, 2.24) is 19.6 Å². The molecule has 6 nitrogen and oxygen atoms in total. The van der Waals surface area contributed by atoms with Crippen LogP contribution in [0.1, 0.15) is 54.2 Å². The summed E-state index contributed by atoms with van der Waals surface area (Å²) in [7, 11) is 0. The minimum Gasteiger partial charge on any atom is -0.380 e. The van der Waals surface area contributed by atoms with Gasteiger partial charge in [-0.05, 0) is 38.8 Å². The molecule has 206 valence electrons. The first-order valence-corrected chi connectivity index (χ1v) is 17.5. The maximum absolute atomic E-state index is 5.63. The highest BCUT2D eigenvalue weighted by Crippen LogP contribution is 2.44. The molecule has 0 unspecified atom stereocenters. The van der Waals surface area contributed by atoms with Crippen LogP contribution in [0.5, 0.6) is 0 Å². The molecule has 10 heteroatoms. The Bertz CT molecular complexity index is 1100. The van der Waals surface area contributed by atoms with Gasteiger partial charge in [-0.3, -0.25) is 9.36 Å². The fourth-order valence-electron chi connectivity index (χ4n) is 5.00. The second kappa shape index (κ2) is 13.5. The summed E-state index contributed by atoms with van der Waals surface area (Å²) in [6.45, 7) is 13.7. The molecule has 0 spiro atoms. The molecular weight excluding hydrogens is 553 g/mol. The molecule has 2 saturated heterocycles. The smallest absolute Gasteiger partial charge is 0.0788 e. The lowest BCUT2D eigenvalue weighted by atomic mass is 10.1. The molecule has 0 bridgehead atoms. The molecule has 4 heterocycles. The highest BCUT2D eigenvalue weighted by Gasteiger charge is 2.24. The lowest BCUT2D eigenvalue weighted by Gasteiger charge is -2.20. The largest absolute Gasteiger partial charge is 0.380 e. The van der Waals surface area contributed by atoms with E-state index in [1.54, 1.807) is 0 Å². The molecule has 2 fully saturated rings. The minimum atomic E-state index is 0.438. The molecule has 3 aromatic rings. The summed E-state index contributed by atoms with van der Waals surface area (Å²) in [4.78, 5) is 0. The van der Waals surface area contributed by atoms with Crippen molar-refractivity contribution >= 4 is 47.0 Å². The van der Waals surface area contributed by atoms with Crippen molar-refractivity contribution in [3.63, 3.8) is 0 Å². The van der Waals surface area contributed by atoms with Gasteiger partial charge in [-0.2, -0.15) is 10.2 Å². The quantitative estimate of drug-likeness (QED) is 0.327. The van der Waals surface area contributed by atoms with Gasteiger partial charge in [0.15, 0.2) is 0 Å². The van der Waals surface area contributed by atoms with E-state index < -0.39 is 0 Å². The van der Waals surface area contributed by atoms with Gasteiger partial charge >= 0.3 is 0 Å². The number of thioether (sulfide) groups is 4. The highest BCUT2D eigenvalue weighted by molar-refractivity contribution is 8.16. The number of hydrogen-bond acceptors (Lipinski definition) is 8. The number of rotatable bonds is 6. The lowest BCUT2D eigenvalue weighted by Crippen LogP contribution is -2.09. The molecule has 0 aliphatic carbocycles. The van der Waals surface area contributed by atoms with Crippen molar-refractivity contribution in [2.45, 2.75) is 49.9 Å². The van der Waals surface area contributed by atoms with Crippen LogP contribution in [0.25, 0.3) is 0 Å². The third kappa shape index (κ3) is 6.81. The number of aromatic nitrogens is 4. The predicted molar refractivity (Wildman–Crippen MR) is 165 cm³/mol. The molecule has 38 heavy (non-hydrogen) atoms. The average Bonchev–Trinajstić information content (AvgIpc) is 3.29. The Kier molecular flexibility index (Phi) is 10.2. The lowest BCUT2D eigenvalue weighted by molar-refractivity contribution is 0.166. The van der Waals surface area contributed by atoms with E-state index in [-0.39, 0.29) is 0 Å². The van der Waals surface area contributed by atoms with Gasteiger partial charge in [0, 0.05) is 45.5 Å². The molecule has 0 saturated carbocycles. The first-order chi connectivity index (χ1) is 18.5. The van der Waals surface area contributed by atoms with Crippen molar-refractivity contribution in [2.24, 2.45) is 0 Å². The van der Waals surface area contributed by atoms with Crippen LogP contribution < -0.4 is 0 Å². The number of nitrogens with zero attached hydrogens (tertiary/aromatic N) is 4.